The van der Waals surface area contributed by atoms with Crippen molar-refractivity contribution in [1.29, 1.82) is 0 Å². The fraction of sp³-hybridized carbons (Fsp3) is 0.400. The number of unbranched alkanes of at least 4 members (excludes halogenated alkanes) is 1. The number of aryl methyl sites for hydroxylation is 1. The van der Waals surface area contributed by atoms with Crippen LogP contribution in [-0.2, 0) is 0 Å². The van der Waals surface area contributed by atoms with E-state index in [1.807, 2.05) is 36.4 Å². The number of hydrogen-bond acceptors (Lipinski definition) is 4. The molecule has 0 aromatic heterocycles. The third-order valence-corrected chi connectivity index (χ3v) is 4.30. The molecule has 0 amide bonds. The number of para-hydroxylation sites is 1. The summed E-state index contributed by atoms with van der Waals surface area (Å²) in [6.45, 7) is 6.81. The zero-order valence-corrected chi connectivity index (χ0v) is 14.5. The van der Waals surface area contributed by atoms with E-state index in [0.717, 1.165) is 55.4 Å². The van der Waals surface area contributed by atoms with Gasteiger partial charge in [0.05, 0.1) is 18.8 Å². The molecule has 2 aromatic carbocycles. The van der Waals surface area contributed by atoms with Crippen molar-refractivity contribution in [2.75, 3.05) is 30.3 Å². The predicted molar refractivity (Wildman–Crippen MR) is 99.1 cm³/mol. The molecule has 0 saturated heterocycles. The molecule has 1 aliphatic rings. The van der Waals surface area contributed by atoms with Gasteiger partial charge in [0.1, 0.15) is 17.6 Å². The molecule has 24 heavy (non-hydrogen) atoms. The number of anilines is 2. The van der Waals surface area contributed by atoms with Crippen LogP contribution in [0.1, 0.15) is 25.3 Å². The molecule has 4 nitrogen and oxygen atoms in total. The molecule has 4 heteroatoms. The van der Waals surface area contributed by atoms with Crippen LogP contribution in [0, 0.1) is 6.92 Å². The first-order chi connectivity index (χ1) is 11.6. The van der Waals surface area contributed by atoms with Crippen molar-refractivity contribution in [2.24, 2.45) is 0 Å². The molecule has 3 rings (SSSR count). The summed E-state index contributed by atoms with van der Waals surface area (Å²) in [6.07, 6.45) is 2.30. The van der Waals surface area contributed by atoms with Crippen LogP contribution in [-0.4, -0.2) is 25.8 Å². The highest BCUT2D eigenvalue weighted by atomic mass is 16.5. The van der Waals surface area contributed by atoms with Gasteiger partial charge in [-0.15, -0.1) is 0 Å². The van der Waals surface area contributed by atoms with E-state index in [1.165, 1.54) is 5.56 Å². The Kier molecular flexibility index (Phi) is 5.14. The molecule has 1 atom stereocenters. The Labute approximate surface area is 144 Å². The highest BCUT2D eigenvalue weighted by molar-refractivity contribution is 5.66. The van der Waals surface area contributed by atoms with Gasteiger partial charge in [-0.05, 0) is 56.5 Å². The monoisotopic (exact) mass is 326 g/mol. The Morgan fingerprint density at radius 1 is 1.21 bits per heavy atom. The number of nitrogens with two attached hydrogens (primary N) is 1. The molecule has 0 bridgehead atoms. The number of benzene rings is 2. The highest BCUT2D eigenvalue weighted by Crippen LogP contribution is 2.35. The topological polar surface area (TPSA) is 47.7 Å². The third kappa shape index (κ3) is 3.94. The van der Waals surface area contributed by atoms with Crippen molar-refractivity contribution in [2.45, 2.75) is 32.8 Å². The molecular weight excluding hydrogens is 300 g/mol. The van der Waals surface area contributed by atoms with Gasteiger partial charge in [0, 0.05) is 12.2 Å². The van der Waals surface area contributed by atoms with E-state index in [-0.39, 0.29) is 6.10 Å². The molecule has 0 radical (unpaired) electrons. The maximum atomic E-state index is 5.93. The Morgan fingerprint density at radius 3 is 2.88 bits per heavy atom. The lowest BCUT2D eigenvalue weighted by atomic mass is 10.1. The number of rotatable bonds is 6. The van der Waals surface area contributed by atoms with Crippen molar-refractivity contribution in [3.63, 3.8) is 0 Å². The fourth-order valence-corrected chi connectivity index (χ4v) is 3.06. The summed E-state index contributed by atoms with van der Waals surface area (Å²) >= 11 is 0. The van der Waals surface area contributed by atoms with Crippen LogP contribution in [0.15, 0.2) is 42.5 Å². The minimum atomic E-state index is 0.198. The van der Waals surface area contributed by atoms with Crippen molar-refractivity contribution < 1.29 is 9.47 Å². The van der Waals surface area contributed by atoms with Gasteiger partial charge >= 0.3 is 0 Å². The van der Waals surface area contributed by atoms with E-state index in [1.54, 1.807) is 0 Å². The van der Waals surface area contributed by atoms with Gasteiger partial charge in [-0.25, -0.2) is 0 Å². The fourth-order valence-electron chi connectivity index (χ4n) is 3.06. The minimum Gasteiger partial charge on any atom is -0.493 e. The van der Waals surface area contributed by atoms with Crippen LogP contribution in [0.25, 0.3) is 0 Å². The molecule has 1 aliphatic heterocycles. The lowest BCUT2D eigenvalue weighted by molar-refractivity contribution is 0.212. The van der Waals surface area contributed by atoms with E-state index >= 15 is 0 Å². The number of ether oxygens (including phenoxy) is 2. The van der Waals surface area contributed by atoms with Crippen molar-refractivity contribution in [1.82, 2.24) is 0 Å². The smallest absolute Gasteiger partial charge is 0.143 e. The maximum absolute atomic E-state index is 5.93. The van der Waals surface area contributed by atoms with Crippen LogP contribution in [0.4, 0.5) is 11.4 Å². The zero-order chi connectivity index (χ0) is 16.9. The van der Waals surface area contributed by atoms with E-state index in [4.69, 9.17) is 15.2 Å². The van der Waals surface area contributed by atoms with Crippen LogP contribution >= 0.6 is 0 Å². The first-order valence-electron chi connectivity index (χ1n) is 8.63. The van der Waals surface area contributed by atoms with Crippen LogP contribution in [0.3, 0.4) is 0 Å². The number of nitrogens with zero attached hydrogens (tertiary/aromatic N) is 1. The molecule has 1 heterocycles. The summed E-state index contributed by atoms with van der Waals surface area (Å²) in [5.74, 6) is 1.91. The van der Waals surface area contributed by atoms with E-state index < -0.39 is 0 Å². The maximum Gasteiger partial charge on any atom is 0.143 e. The summed E-state index contributed by atoms with van der Waals surface area (Å²) in [7, 11) is 0. The molecular formula is C20H26N2O2. The van der Waals surface area contributed by atoms with Crippen LogP contribution in [0.5, 0.6) is 11.5 Å². The normalized spacial score (nSPS) is 16.4. The van der Waals surface area contributed by atoms with Crippen molar-refractivity contribution in [3.05, 3.63) is 48.0 Å². The zero-order valence-electron chi connectivity index (χ0n) is 14.5. The molecule has 0 saturated carbocycles. The van der Waals surface area contributed by atoms with Gasteiger partial charge in [0.15, 0.2) is 0 Å². The molecule has 2 N–H and O–H groups in total. The van der Waals surface area contributed by atoms with Crippen LogP contribution in [0.2, 0.25) is 0 Å². The SMILES string of the molecule is Cc1ccccc1OCCCCN1CC(C)Oc2ccc(N)cc21. The van der Waals surface area contributed by atoms with Gasteiger partial charge in [-0.1, -0.05) is 18.2 Å². The largest absolute Gasteiger partial charge is 0.493 e. The Morgan fingerprint density at radius 2 is 2.04 bits per heavy atom. The lowest BCUT2D eigenvalue weighted by Gasteiger charge is -2.35. The van der Waals surface area contributed by atoms with Crippen LogP contribution < -0.4 is 20.1 Å². The first kappa shape index (κ1) is 16.5. The Bertz CT molecular complexity index is 687. The summed E-state index contributed by atoms with van der Waals surface area (Å²) in [4.78, 5) is 2.37. The molecule has 0 fully saturated rings. The second-order valence-corrected chi connectivity index (χ2v) is 6.42. The predicted octanol–water partition coefficient (Wildman–Crippen LogP) is 4.02. The Hall–Kier alpha value is -2.36. The summed E-state index contributed by atoms with van der Waals surface area (Å²) in [5, 5.41) is 0. The Balaban J connectivity index is 1.50. The second-order valence-electron chi connectivity index (χ2n) is 6.42. The average Bonchev–Trinajstić information content (AvgIpc) is 2.56. The van der Waals surface area contributed by atoms with Gasteiger partial charge in [0.2, 0.25) is 0 Å². The second kappa shape index (κ2) is 7.47. The quantitative estimate of drug-likeness (QED) is 0.643. The molecule has 1 unspecified atom stereocenters. The number of nitrogen functional groups attached to an aromatic ring is 1. The lowest BCUT2D eigenvalue weighted by Crippen LogP contribution is -2.39. The van der Waals surface area contributed by atoms with Gasteiger partial charge < -0.3 is 20.1 Å². The molecule has 0 aliphatic carbocycles. The van der Waals surface area contributed by atoms with Crippen molar-refractivity contribution in [3.8, 4) is 11.5 Å². The molecule has 2 aromatic rings. The minimum absolute atomic E-state index is 0.198. The molecule has 0 spiro atoms. The molecule has 128 valence electrons. The van der Waals surface area contributed by atoms with Gasteiger partial charge in [0.25, 0.3) is 0 Å². The number of hydrogen-bond donors (Lipinski definition) is 1. The van der Waals surface area contributed by atoms with E-state index in [9.17, 15) is 0 Å². The van der Waals surface area contributed by atoms with E-state index in [0.29, 0.717) is 0 Å². The standard InChI is InChI=1S/C20H26N2O2/c1-15-7-3-4-8-19(15)23-12-6-5-11-22-14-16(2)24-20-10-9-17(21)13-18(20)22/h3-4,7-10,13,16H,5-6,11-12,14,21H2,1-2H3. The summed E-state index contributed by atoms with van der Waals surface area (Å²) < 4.78 is 11.8. The summed E-state index contributed by atoms with van der Waals surface area (Å²) in [5.41, 5.74) is 9.00. The highest BCUT2D eigenvalue weighted by Gasteiger charge is 2.22. The van der Waals surface area contributed by atoms with Gasteiger partial charge in [-0.3, -0.25) is 0 Å². The van der Waals surface area contributed by atoms with E-state index in [2.05, 4.69) is 24.8 Å². The van der Waals surface area contributed by atoms with Gasteiger partial charge in [-0.2, -0.15) is 0 Å². The first-order valence-corrected chi connectivity index (χ1v) is 8.63. The number of fused-ring (bicyclic) bond motifs is 1. The van der Waals surface area contributed by atoms with Crippen molar-refractivity contribution >= 4 is 11.4 Å². The average molecular weight is 326 g/mol. The third-order valence-electron chi connectivity index (χ3n) is 4.30. The summed E-state index contributed by atoms with van der Waals surface area (Å²) in [6, 6.07) is 14.0.